The standard InChI is InChI=1S/C21H24Cl2N2O3S/c1-5-24(14-15(3)4)21(26)17-12-20(19(23)13-18(17)22)29(27,28)25(6-2)16-10-8-7-9-11-16/h7-13H,3,5-6,14H2,1-2,4H3. The first kappa shape index (κ1) is 23.3. The van der Waals surface area contributed by atoms with Gasteiger partial charge in [0.1, 0.15) is 4.90 Å². The number of rotatable bonds is 8. The van der Waals surface area contributed by atoms with Crippen molar-refractivity contribution >= 4 is 44.8 Å². The summed E-state index contributed by atoms with van der Waals surface area (Å²) < 4.78 is 27.9. The number of amides is 1. The van der Waals surface area contributed by atoms with Gasteiger partial charge in [0, 0.05) is 19.6 Å². The summed E-state index contributed by atoms with van der Waals surface area (Å²) in [5.41, 5.74) is 1.40. The molecule has 0 aliphatic carbocycles. The quantitative estimate of drug-likeness (QED) is 0.511. The Kier molecular flexibility index (Phi) is 7.74. The van der Waals surface area contributed by atoms with Crippen LogP contribution < -0.4 is 4.31 Å². The number of anilines is 1. The van der Waals surface area contributed by atoms with E-state index in [9.17, 15) is 13.2 Å². The van der Waals surface area contributed by atoms with Crippen LogP contribution in [0.2, 0.25) is 10.0 Å². The summed E-state index contributed by atoms with van der Waals surface area (Å²) in [6.07, 6.45) is 0. The number of halogens is 2. The molecule has 0 aliphatic rings. The lowest BCUT2D eigenvalue weighted by atomic mass is 10.2. The number of benzene rings is 2. The van der Waals surface area contributed by atoms with Crippen LogP contribution in [0.15, 0.2) is 59.5 Å². The monoisotopic (exact) mass is 454 g/mol. The van der Waals surface area contributed by atoms with Gasteiger partial charge in [-0.3, -0.25) is 9.10 Å². The van der Waals surface area contributed by atoms with E-state index in [1.54, 1.807) is 42.2 Å². The summed E-state index contributed by atoms with van der Waals surface area (Å²) in [7, 11) is -4.01. The minimum absolute atomic E-state index is 0.0381. The number of hydrogen-bond acceptors (Lipinski definition) is 3. The molecule has 29 heavy (non-hydrogen) atoms. The molecule has 1 amide bonds. The van der Waals surface area contributed by atoms with Gasteiger partial charge < -0.3 is 4.90 Å². The SMILES string of the molecule is C=C(C)CN(CC)C(=O)c1cc(S(=O)(=O)N(CC)c2ccccc2)c(Cl)cc1Cl. The molecule has 156 valence electrons. The van der Waals surface area contributed by atoms with E-state index in [2.05, 4.69) is 6.58 Å². The molecule has 5 nitrogen and oxygen atoms in total. The first-order valence-electron chi connectivity index (χ1n) is 9.13. The first-order valence-corrected chi connectivity index (χ1v) is 11.3. The van der Waals surface area contributed by atoms with E-state index in [1.165, 1.54) is 16.4 Å². The molecule has 0 saturated carbocycles. The highest BCUT2D eigenvalue weighted by molar-refractivity contribution is 7.93. The van der Waals surface area contributed by atoms with Crippen LogP contribution in [0.4, 0.5) is 5.69 Å². The van der Waals surface area contributed by atoms with Gasteiger partial charge in [0.05, 0.1) is 21.3 Å². The summed E-state index contributed by atoms with van der Waals surface area (Å²) in [4.78, 5) is 14.4. The second-order valence-corrected chi connectivity index (χ2v) is 9.19. The maximum absolute atomic E-state index is 13.3. The number of nitrogens with zero attached hydrogens (tertiary/aromatic N) is 2. The van der Waals surface area contributed by atoms with Crippen molar-refractivity contribution in [1.82, 2.24) is 4.90 Å². The average Bonchev–Trinajstić information content (AvgIpc) is 2.66. The van der Waals surface area contributed by atoms with Gasteiger partial charge in [-0.1, -0.05) is 53.6 Å². The maximum atomic E-state index is 13.3. The summed E-state index contributed by atoms with van der Waals surface area (Å²) >= 11 is 12.5. The van der Waals surface area contributed by atoms with Crippen LogP contribution in [0.1, 0.15) is 31.1 Å². The number of carbonyl (C=O) groups is 1. The molecular weight excluding hydrogens is 431 g/mol. The summed E-state index contributed by atoms with van der Waals surface area (Å²) in [5.74, 6) is -0.378. The Morgan fingerprint density at radius 2 is 1.66 bits per heavy atom. The Morgan fingerprint density at radius 3 is 2.17 bits per heavy atom. The fraction of sp³-hybridized carbons (Fsp3) is 0.286. The largest absolute Gasteiger partial charge is 0.335 e. The lowest BCUT2D eigenvalue weighted by Crippen LogP contribution is -2.33. The molecule has 2 aromatic rings. The number of para-hydroxylation sites is 1. The fourth-order valence-electron chi connectivity index (χ4n) is 2.92. The highest BCUT2D eigenvalue weighted by Gasteiger charge is 2.29. The Balaban J connectivity index is 2.57. The van der Waals surface area contributed by atoms with Crippen LogP contribution in [0.25, 0.3) is 0 Å². The maximum Gasteiger partial charge on any atom is 0.265 e. The lowest BCUT2D eigenvalue weighted by Gasteiger charge is -2.25. The van der Waals surface area contributed by atoms with Crippen molar-refractivity contribution in [2.45, 2.75) is 25.7 Å². The molecule has 0 bridgehead atoms. The molecule has 2 rings (SSSR count). The number of hydrogen-bond donors (Lipinski definition) is 0. The third-order valence-corrected chi connectivity index (χ3v) is 6.96. The number of carbonyl (C=O) groups excluding carboxylic acids is 1. The van der Waals surface area contributed by atoms with Crippen LogP contribution in [-0.2, 0) is 10.0 Å². The van der Waals surface area contributed by atoms with Crippen molar-refractivity contribution in [3.63, 3.8) is 0 Å². The second kappa shape index (κ2) is 9.65. The molecule has 0 radical (unpaired) electrons. The van der Waals surface area contributed by atoms with Crippen molar-refractivity contribution in [1.29, 1.82) is 0 Å². The van der Waals surface area contributed by atoms with Crippen LogP contribution in [0.3, 0.4) is 0 Å². The van der Waals surface area contributed by atoms with Gasteiger partial charge >= 0.3 is 0 Å². The molecule has 0 aromatic heterocycles. The van der Waals surface area contributed by atoms with Gasteiger partial charge in [0.25, 0.3) is 15.9 Å². The Morgan fingerprint density at radius 1 is 1.03 bits per heavy atom. The third-order valence-electron chi connectivity index (χ3n) is 4.28. The number of sulfonamides is 1. The van der Waals surface area contributed by atoms with Crippen molar-refractivity contribution in [3.05, 3.63) is 70.2 Å². The topological polar surface area (TPSA) is 57.7 Å². The van der Waals surface area contributed by atoms with Crippen molar-refractivity contribution in [2.75, 3.05) is 23.9 Å². The third kappa shape index (κ3) is 5.13. The van der Waals surface area contributed by atoms with Crippen LogP contribution >= 0.6 is 23.2 Å². The summed E-state index contributed by atoms with van der Waals surface area (Å²) in [6, 6.07) is 11.3. The zero-order chi connectivity index (χ0) is 21.8. The molecule has 0 unspecified atom stereocenters. The zero-order valence-electron chi connectivity index (χ0n) is 16.7. The highest BCUT2D eigenvalue weighted by atomic mass is 35.5. The van der Waals surface area contributed by atoms with Crippen molar-refractivity contribution in [3.8, 4) is 0 Å². The molecule has 0 saturated heterocycles. The molecular formula is C21H24Cl2N2O3S. The predicted octanol–water partition coefficient (Wildman–Crippen LogP) is 5.25. The van der Waals surface area contributed by atoms with Crippen molar-refractivity contribution < 1.29 is 13.2 Å². The normalized spacial score (nSPS) is 11.2. The van der Waals surface area contributed by atoms with E-state index in [4.69, 9.17) is 23.2 Å². The Labute approximate surface area is 182 Å². The molecule has 0 heterocycles. The van der Waals surface area contributed by atoms with Gasteiger partial charge in [-0.15, -0.1) is 0 Å². The average molecular weight is 455 g/mol. The van der Waals surface area contributed by atoms with E-state index >= 15 is 0 Å². The molecule has 2 aromatic carbocycles. The first-order chi connectivity index (χ1) is 13.6. The summed E-state index contributed by atoms with van der Waals surface area (Å²) in [5, 5.41) is 0.0609. The van der Waals surface area contributed by atoms with Crippen molar-refractivity contribution in [2.24, 2.45) is 0 Å². The van der Waals surface area contributed by atoms with Gasteiger partial charge in [-0.05, 0) is 45.0 Å². The van der Waals surface area contributed by atoms with E-state index in [1.807, 2.05) is 13.8 Å². The van der Waals surface area contributed by atoms with Crippen LogP contribution in [-0.4, -0.2) is 38.9 Å². The van der Waals surface area contributed by atoms with Crippen LogP contribution in [0.5, 0.6) is 0 Å². The smallest absolute Gasteiger partial charge is 0.265 e. The van der Waals surface area contributed by atoms with E-state index in [-0.39, 0.29) is 33.0 Å². The Hall–Kier alpha value is -2.02. The van der Waals surface area contributed by atoms with Crippen LogP contribution in [0, 0.1) is 0 Å². The number of likely N-dealkylation sites (N-methyl/N-ethyl adjacent to an activating group) is 1. The van der Waals surface area contributed by atoms with Gasteiger partial charge in [0.15, 0.2) is 0 Å². The Bertz CT molecular complexity index is 1010. The van der Waals surface area contributed by atoms with E-state index in [0.29, 0.717) is 18.8 Å². The minimum atomic E-state index is -4.01. The second-order valence-electron chi connectivity index (χ2n) is 6.54. The lowest BCUT2D eigenvalue weighted by molar-refractivity contribution is 0.0778. The highest BCUT2D eigenvalue weighted by Crippen LogP contribution is 2.33. The minimum Gasteiger partial charge on any atom is -0.335 e. The molecule has 0 spiro atoms. The molecule has 0 N–H and O–H groups in total. The molecule has 0 aliphatic heterocycles. The predicted molar refractivity (Wildman–Crippen MR) is 120 cm³/mol. The van der Waals surface area contributed by atoms with Gasteiger partial charge in [-0.25, -0.2) is 8.42 Å². The summed E-state index contributed by atoms with van der Waals surface area (Å²) in [6.45, 7) is 10.2. The zero-order valence-corrected chi connectivity index (χ0v) is 19.0. The van der Waals surface area contributed by atoms with Gasteiger partial charge in [0.2, 0.25) is 0 Å². The fourth-order valence-corrected chi connectivity index (χ4v) is 5.22. The molecule has 0 atom stereocenters. The van der Waals surface area contributed by atoms with Gasteiger partial charge in [-0.2, -0.15) is 0 Å². The molecule has 8 heteroatoms. The van der Waals surface area contributed by atoms with E-state index < -0.39 is 10.0 Å². The van der Waals surface area contributed by atoms with E-state index in [0.717, 1.165) is 5.57 Å². The molecule has 0 fully saturated rings.